The Hall–Kier alpha value is 0.690. The molecule has 0 aromatic heterocycles. The van der Waals surface area contributed by atoms with E-state index in [1.807, 2.05) is 0 Å². The number of alkyl halides is 1. The van der Waals surface area contributed by atoms with Crippen molar-refractivity contribution >= 4 is 22.6 Å². The van der Waals surface area contributed by atoms with Crippen molar-refractivity contribution < 1.29 is 0 Å². The monoisotopic (exact) mass is 283 g/mol. The van der Waals surface area contributed by atoms with Crippen LogP contribution in [0.2, 0.25) is 0 Å². The third kappa shape index (κ3) is 6.23. The predicted octanol–water partition coefficient (Wildman–Crippen LogP) is 3.43. The maximum Gasteiger partial charge on any atom is 0.0616 e. The van der Waals surface area contributed by atoms with Gasteiger partial charge in [0.1, 0.15) is 0 Å². The standard InChI is InChI=1S/C10H22IN/c1-5-9(4)6-7-12-10(11)8(2)3/h8-10,12H,5-7H2,1-4H3/t9-,10?/m0/s1. The molecule has 0 spiro atoms. The summed E-state index contributed by atoms with van der Waals surface area (Å²) >= 11 is 2.48. The van der Waals surface area contributed by atoms with E-state index in [-0.39, 0.29) is 0 Å². The van der Waals surface area contributed by atoms with Crippen LogP contribution in [0.1, 0.15) is 40.5 Å². The summed E-state index contributed by atoms with van der Waals surface area (Å²) in [6.07, 6.45) is 2.61. The van der Waals surface area contributed by atoms with Gasteiger partial charge in [0.15, 0.2) is 0 Å². The van der Waals surface area contributed by atoms with Gasteiger partial charge in [-0.05, 0) is 24.8 Å². The van der Waals surface area contributed by atoms with Crippen LogP contribution in [0.4, 0.5) is 0 Å². The van der Waals surface area contributed by atoms with Gasteiger partial charge in [0.05, 0.1) is 4.05 Å². The molecule has 1 nitrogen and oxygen atoms in total. The van der Waals surface area contributed by atoms with E-state index < -0.39 is 0 Å². The summed E-state index contributed by atoms with van der Waals surface area (Å²) in [5.74, 6) is 1.61. The summed E-state index contributed by atoms with van der Waals surface area (Å²) in [7, 11) is 0. The molecule has 0 fully saturated rings. The minimum atomic E-state index is 0.631. The zero-order chi connectivity index (χ0) is 9.56. The summed E-state index contributed by atoms with van der Waals surface area (Å²) in [6, 6.07) is 0. The topological polar surface area (TPSA) is 12.0 Å². The van der Waals surface area contributed by atoms with E-state index in [0.717, 1.165) is 11.8 Å². The van der Waals surface area contributed by atoms with Crippen LogP contribution >= 0.6 is 22.6 Å². The molecule has 0 saturated carbocycles. The number of halogens is 1. The first-order valence-corrected chi connectivity index (χ1v) is 6.20. The number of hydrogen-bond acceptors (Lipinski definition) is 1. The molecule has 74 valence electrons. The highest BCUT2D eigenvalue weighted by atomic mass is 127. The Bertz CT molecular complexity index is 104. The second-order valence-corrected chi connectivity index (χ2v) is 5.24. The van der Waals surface area contributed by atoms with E-state index in [0.29, 0.717) is 4.05 Å². The van der Waals surface area contributed by atoms with E-state index in [9.17, 15) is 0 Å². The number of rotatable bonds is 6. The molecule has 2 heteroatoms. The Balaban J connectivity index is 3.30. The third-order valence-corrected chi connectivity index (χ3v) is 4.14. The molecule has 0 bridgehead atoms. The largest absolute Gasteiger partial charge is 0.305 e. The van der Waals surface area contributed by atoms with E-state index in [1.54, 1.807) is 0 Å². The first kappa shape index (κ1) is 12.7. The lowest BCUT2D eigenvalue weighted by atomic mass is 10.1. The van der Waals surface area contributed by atoms with Gasteiger partial charge in [-0.2, -0.15) is 0 Å². The Kier molecular flexibility index (Phi) is 7.54. The first-order valence-electron chi connectivity index (χ1n) is 4.95. The Morgan fingerprint density at radius 3 is 2.25 bits per heavy atom. The van der Waals surface area contributed by atoms with Gasteiger partial charge in [-0.15, -0.1) is 0 Å². The van der Waals surface area contributed by atoms with E-state index in [2.05, 4.69) is 55.6 Å². The molecule has 0 saturated heterocycles. The second kappa shape index (κ2) is 7.13. The van der Waals surface area contributed by atoms with Crippen LogP contribution in [0.25, 0.3) is 0 Å². The lowest BCUT2D eigenvalue weighted by Gasteiger charge is -2.17. The molecule has 2 atom stereocenters. The average molecular weight is 283 g/mol. The van der Waals surface area contributed by atoms with Crippen LogP contribution in [-0.2, 0) is 0 Å². The maximum absolute atomic E-state index is 3.53. The quantitative estimate of drug-likeness (QED) is 0.447. The summed E-state index contributed by atoms with van der Waals surface area (Å²) < 4.78 is 0.631. The fourth-order valence-electron chi connectivity index (χ4n) is 0.907. The average Bonchev–Trinajstić information content (AvgIpc) is 2.03. The van der Waals surface area contributed by atoms with Gasteiger partial charge in [0.2, 0.25) is 0 Å². The maximum atomic E-state index is 3.53. The van der Waals surface area contributed by atoms with Crippen LogP contribution < -0.4 is 5.32 Å². The van der Waals surface area contributed by atoms with Gasteiger partial charge >= 0.3 is 0 Å². The summed E-state index contributed by atoms with van der Waals surface area (Å²) in [5.41, 5.74) is 0. The Labute approximate surface area is 90.8 Å². The normalized spacial score (nSPS) is 16.5. The molecule has 1 unspecified atom stereocenters. The Morgan fingerprint density at radius 2 is 1.83 bits per heavy atom. The summed E-state index contributed by atoms with van der Waals surface area (Å²) in [6.45, 7) is 10.3. The molecule has 0 aromatic carbocycles. The van der Waals surface area contributed by atoms with Crippen molar-refractivity contribution in [3.63, 3.8) is 0 Å². The van der Waals surface area contributed by atoms with E-state index >= 15 is 0 Å². The molecule has 0 aromatic rings. The molecule has 0 aliphatic carbocycles. The van der Waals surface area contributed by atoms with Crippen molar-refractivity contribution in [3.8, 4) is 0 Å². The van der Waals surface area contributed by atoms with Crippen molar-refractivity contribution in [2.24, 2.45) is 11.8 Å². The molecule has 0 heterocycles. The lowest BCUT2D eigenvalue weighted by molar-refractivity contribution is 0.458. The molecule has 0 aliphatic heterocycles. The highest BCUT2D eigenvalue weighted by Gasteiger charge is 2.07. The highest BCUT2D eigenvalue weighted by Crippen LogP contribution is 2.10. The zero-order valence-electron chi connectivity index (χ0n) is 8.73. The van der Waals surface area contributed by atoms with Gasteiger partial charge in [-0.25, -0.2) is 0 Å². The summed E-state index contributed by atoms with van der Waals surface area (Å²) in [5, 5.41) is 3.53. The van der Waals surface area contributed by atoms with Gasteiger partial charge in [-0.3, -0.25) is 0 Å². The van der Waals surface area contributed by atoms with Crippen LogP contribution in [0.5, 0.6) is 0 Å². The van der Waals surface area contributed by atoms with Gasteiger partial charge in [-0.1, -0.05) is 56.7 Å². The van der Waals surface area contributed by atoms with Gasteiger partial charge < -0.3 is 5.32 Å². The molecular formula is C10H22IN. The fourth-order valence-corrected chi connectivity index (χ4v) is 1.22. The Morgan fingerprint density at radius 1 is 1.25 bits per heavy atom. The fraction of sp³-hybridized carbons (Fsp3) is 1.00. The molecule has 0 rings (SSSR count). The van der Waals surface area contributed by atoms with Crippen LogP contribution in [-0.4, -0.2) is 10.6 Å². The smallest absolute Gasteiger partial charge is 0.0616 e. The van der Waals surface area contributed by atoms with Crippen molar-refractivity contribution in [1.82, 2.24) is 5.32 Å². The SMILES string of the molecule is CC[C@H](C)CCNC(I)C(C)C. The molecule has 12 heavy (non-hydrogen) atoms. The highest BCUT2D eigenvalue weighted by molar-refractivity contribution is 14.1. The molecule has 1 N–H and O–H groups in total. The molecule has 0 amide bonds. The van der Waals surface area contributed by atoms with E-state index in [1.165, 1.54) is 19.4 Å². The first-order chi connectivity index (χ1) is 5.57. The van der Waals surface area contributed by atoms with Crippen molar-refractivity contribution in [2.75, 3.05) is 6.54 Å². The third-order valence-electron chi connectivity index (χ3n) is 2.26. The number of hydrogen-bond donors (Lipinski definition) is 1. The van der Waals surface area contributed by atoms with Gasteiger partial charge in [0.25, 0.3) is 0 Å². The van der Waals surface area contributed by atoms with Crippen LogP contribution in [0, 0.1) is 11.8 Å². The zero-order valence-corrected chi connectivity index (χ0v) is 10.9. The van der Waals surface area contributed by atoms with Crippen LogP contribution in [0.3, 0.4) is 0 Å². The van der Waals surface area contributed by atoms with Crippen molar-refractivity contribution in [3.05, 3.63) is 0 Å². The van der Waals surface area contributed by atoms with Crippen LogP contribution in [0.15, 0.2) is 0 Å². The van der Waals surface area contributed by atoms with Crippen molar-refractivity contribution in [1.29, 1.82) is 0 Å². The molecular weight excluding hydrogens is 261 g/mol. The van der Waals surface area contributed by atoms with Gasteiger partial charge in [0, 0.05) is 0 Å². The second-order valence-electron chi connectivity index (χ2n) is 3.90. The lowest BCUT2D eigenvalue weighted by Crippen LogP contribution is -2.29. The molecule has 0 radical (unpaired) electrons. The predicted molar refractivity (Wildman–Crippen MR) is 64.7 cm³/mol. The van der Waals surface area contributed by atoms with E-state index in [4.69, 9.17) is 0 Å². The minimum absolute atomic E-state index is 0.631. The summed E-state index contributed by atoms with van der Waals surface area (Å²) in [4.78, 5) is 0. The number of nitrogens with one attached hydrogen (secondary N) is 1. The van der Waals surface area contributed by atoms with Crippen molar-refractivity contribution in [2.45, 2.75) is 44.6 Å². The molecule has 0 aliphatic rings. The minimum Gasteiger partial charge on any atom is -0.305 e.